The lowest BCUT2D eigenvalue weighted by Crippen LogP contribution is -2.81. The highest BCUT2D eigenvalue weighted by Gasteiger charge is 2.80. The fourth-order valence-corrected chi connectivity index (χ4v) is 7.02. The van der Waals surface area contributed by atoms with Gasteiger partial charge in [-0.1, -0.05) is 26.0 Å². The van der Waals surface area contributed by atoms with Crippen molar-refractivity contribution in [2.24, 2.45) is 11.3 Å². The van der Waals surface area contributed by atoms with Gasteiger partial charge in [-0.2, -0.15) is 0 Å². The van der Waals surface area contributed by atoms with Crippen LogP contribution in [0.1, 0.15) is 49.9 Å². The normalized spacial score (nSPS) is 42.8. The van der Waals surface area contributed by atoms with E-state index in [1.807, 2.05) is 29.2 Å². The van der Waals surface area contributed by atoms with Crippen molar-refractivity contribution in [2.45, 2.75) is 56.1 Å². The molecule has 5 fully saturated rings. The molecule has 4 saturated heterocycles. The number of hydrogen-bond acceptors (Lipinski definition) is 4. The summed E-state index contributed by atoms with van der Waals surface area (Å²) in [5.74, 6) is -0.0108. The Labute approximate surface area is 157 Å². The van der Waals surface area contributed by atoms with Crippen LogP contribution in [0, 0.1) is 11.3 Å². The summed E-state index contributed by atoms with van der Waals surface area (Å²) in [4.78, 5) is 42.0. The number of rotatable bonds is 0. The van der Waals surface area contributed by atoms with Gasteiger partial charge in [0.25, 0.3) is 0 Å². The molecule has 6 aliphatic rings. The Balaban J connectivity index is 1.55. The molecule has 1 aromatic carbocycles. The van der Waals surface area contributed by atoms with Crippen molar-refractivity contribution in [3.05, 3.63) is 29.8 Å². The van der Waals surface area contributed by atoms with Crippen LogP contribution in [0.3, 0.4) is 0 Å². The smallest absolute Gasteiger partial charge is 0.249 e. The fraction of sp³-hybridized carbons (Fsp3) is 0.571. The maximum Gasteiger partial charge on any atom is 0.249 e. The minimum atomic E-state index is -0.975. The Bertz CT molecular complexity index is 956. The van der Waals surface area contributed by atoms with Crippen molar-refractivity contribution in [2.75, 3.05) is 11.9 Å². The van der Waals surface area contributed by atoms with Crippen LogP contribution < -0.4 is 10.6 Å². The molecule has 6 nitrogen and oxygen atoms in total. The largest absolute Gasteiger partial charge is 0.371 e. The van der Waals surface area contributed by atoms with E-state index in [4.69, 9.17) is 0 Å². The molecule has 4 atom stereocenters. The van der Waals surface area contributed by atoms with E-state index in [0.29, 0.717) is 24.9 Å². The van der Waals surface area contributed by atoms with E-state index >= 15 is 0 Å². The molecule has 0 radical (unpaired) electrons. The summed E-state index contributed by atoms with van der Waals surface area (Å²) in [5.41, 5.74) is -1.49. The van der Waals surface area contributed by atoms with Crippen molar-refractivity contribution in [3.63, 3.8) is 0 Å². The summed E-state index contributed by atoms with van der Waals surface area (Å²) in [6.45, 7) is 4.84. The third kappa shape index (κ3) is 1.38. The molecular weight excluding hydrogens is 342 g/mol. The molecule has 1 aliphatic carbocycles. The third-order valence-electron chi connectivity index (χ3n) is 8.43. The average Bonchev–Trinajstić information content (AvgIpc) is 3.24. The number of benzene rings is 1. The molecule has 1 aromatic rings. The monoisotopic (exact) mass is 365 g/mol. The third-order valence-corrected chi connectivity index (χ3v) is 8.43. The molecule has 5 aliphatic heterocycles. The van der Waals surface area contributed by atoms with Crippen LogP contribution in [0.25, 0.3) is 0 Å². The number of carbonyl (C=O) groups is 3. The van der Waals surface area contributed by atoms with E-state index < -0.39 is 22.0 Å². The number of para-hydroxylation sites is 1. The number of carbonyl (C=O) groups excluding carboxylic acids is 3. The summed E-state index contributed by atoms with van der Waals surface area (Å²) < 4.78 is 0. The highest BCUT2D eigenvalue weighted by Crippen LogP contribution is 2.66. The Morgan fingerprint density at radius 3 is 2.67 bits per heavy atom. The lowest BCUT2D eigenvalue weighted by atomic mass is 9.59. The van der Waals surface area contributed by atoms with Gasteiger partial charge in [-0.25, -0.2) is 0 Å². The minimum absolute atomic E-state index is 0.0198. The van der Waals surface area contributed by atoms with Crippen LogP contribution in [0.15, 0.2) is 24.3 Å². The molecule has 140 valence electrons. The van der Waals surface area contributed by atoms with Crippen LogP contribution in [-0.4, -0.2) is 45.7 Å². The van der Waals surface area contributed by atoms with Gasteiger partial charge < -0.3 is 15.5 Å². The molecule has 27 heavy (non-hydrogen) atoms. The van der Waals surface area contributed by atoms with Crippen LogP contribution in [0.4, 0.5) is 5.69 Å². The van der Waals surface area contributed by atoms with E-state index in [0.717, 1.165) is 18.5 Å². The van der Waals surface area contributed by atoms with Gasteiger partial charge in [-0.3, -0.25) is 14.4 Å². The van der Waals surface area contributed by atoms with Crippen LogP contribution in [-0.2, 0) is 9.59 Å². The zero-order valence-corrected chi connectivity index (χ0v) is 15.6. The van der Waals surface area contributed by atoms with Crippen molar-refractivity contribution in [3.8, 4) is 0 Å². The molecular formula is C21H23N3O3. The van der Waals surface area contributed by atoms with Gasteiger partial charge in [-0.05, 0) is 31.4 Å². The number of piperidine rings is 2. The molecule has 2 bridgehead atoms. The summed E-state index contributed by atoms with van der Waals surface area (Å²) in [6.07, 6.45) is 2.57. The number of nitrogens with one attached hydrogen (secondary N) is 2. The topological polar surface area (TPSA) is 78.5 Å². The van der Waals surface area contributed by atoms with E-state index in [2.05, 4.69) is 24.5 Å². The number of nitrogens with zero attached hydrogens (tertiary/aromatic N) is 1. The lowest BCUT2D eigenvalue weighted by Gasteiger charge is -2.58. The van der Waals surface area contributed by atoms with Gasteiger partial charge in [0.15, 0.2) is 5.78 Å². The van der Waals surface area contributed by atoms with Crippen molar-refractivity contribution < 1.29 is 14.4 Å². The Kier molecular flexibility index (Phi) is 2.44. The van der Waals surface area contributed by atoms with Crippen LogP contribution >= 0.6 is 0 Å². The number of ketones is 1. The number of hydrogen-bond donors (Lipinski definition) is 2. The predicted octanol–water partition coefficient (Wildman–Crippen LogP) is 1.71. The second-order valence-electron chi connectivity index (χ2n) is 9.58. The van der Waals surface area contributed by atoms with Gasteiger partial charge >= 0.3 is 0 Å². The lowest BCUT2D eigenvalue weighted by molar-refractivity contribution is -0.175. The molecule has 3 spiro atoms. The van der Waals surface area contributed by atoms with E-state index in [-0.39, 0.29) is 23.5 Å². The first-order valence-electron chi connectivity index (χ1n) is 9.85. The maximum absolute atomic E-state index is 13.6. The van der Waals surface area contributed by atoms with E-state index in [1.165, 1.54) is 0 Å². The zero-order chi connectivity index (χ0) is 18.8. The molecule has 5 heterocycles. The Morgan fingerprint density at radius 1 is 1.11 bits per heavy atom. The highest BCUT2D eigenvalue weighted by atomic mass is 16.2. The summed E-state index contributed by atoms with van der Waals surface area (Å²) >= 11 is 0. The van der Waals surface area contributed by atoms with Gasteiger partial charge in [0.2, 0.25) is 11.8 Å². The van der Waals surface area contributed by atoms with Crippen molar-refractivity contribution in [1.82, 2.24) is 10.2 Å². The Hall–Kier alpha value is -2.37. The quantitative estimate of drug-likeness (QED) is 0.734. The molecule has 6 heteroatoms. The molecule has 2 N–H and O–H groups in total. The standard InChI is InChI=1S/C21H23N3O3/c1-18(2)14-10-19-8-5-9-24(19)17(27)20(14,23-16(19)26)11-21(18)15(25)12-6-3-4-7-13(12)22-21/h3-4,6-7,14,22H,5,8-11H2,1-2H3,(H,23,26)/t14-,19?,20?,21+/m0/s1. The van der Waals surface area contributed by atoms with Crippen LogP contribution in [0.5, 0.6) is 0 Å². The van der Waals surface area contributed by atoms with Gasteiger partial charge in [0.1, 0.15) is 16.6 Å². The number of anilines is 1. The van der Waals surface area contributed by atoms with Gasteiger partial charge in [0.05, 0.1) is 0 Å². The molecule has 1 saturated carbocycles. The first-order valence-corrected chi connectivity index (χ1v) is 9.85. The second-order valence-corrected chi connectivity index (χ2v) is 9.58. The highest BCUT2D eigenvalue weighted by molar-refractivity contribution is 6.16. The fourth-order valence-electron chi connectivity index (χ4n) is 7.02. The first kappa shape index (κ1) is 15.7. The first-order chi connectivity index (χ1) is 12.8. The van der Waals surface area contributed by atoms with E-state index in [9.17, 15) is 14.4 Å². The van der Waals surface area contributed by atoms with E-state index in [1.54, 1.807) is 0 Å². The maximum atomic E-state index is 13.6. The van der Waals surface area contributed by atoms with Crippen molar-refractivity contribution in [1.29, 1.82) is 0 Å². The van der Waals surface area contributed by atoms with Crippen LogP contribution in [0.2, 0.25) is 0 Å². The molecule has 2 unspecified atom stereocenters. The summed E-state index contributed by atoms with van der Waals surface area (Å²) in [6, 6.07) is 7.56. The zero-order valence-electron chi connectivity index (χ0n) is 15.6. The average molecular weight is 365 g/mol. The van der Waals surface area contributed by atoms with Crippen molar-refractivity contribution >= 4 is 23.3 Å². The molecule has 2 amide bonds. The summed E-state index contributed by atoms with van der Waals surface area (Å²) in [7, 11) is 0. The second kappa shape index (κ2) is 4.21. The predicted molar refractivity (Wildman–Crippen MR) is 98.2 cm³/mol. The Morgan fingerprint density at radius 2 is 1.89 bits per heavy atom. The number of piperazine rings is 1. The summed E-state index contributed by atoms with van der Waals surface area (Å²) in [5, 5.41) is 6.65. The van der Waals surface area contributed by atoms with Gasteiger partial charge in [-0.15, -0.1) is 0 Å². The number of fused-ring (bicyclic) bond motifs is 2. The number of amides is 2. The number of Topliss-reactive ketones (excluding diaryl/α,β-unsaturated/α-hetero) is 1. The molecule has 7 rings (SSSR count). The minimum Gasteiger partial charge on any atom is -0.371 e. The SMILES string of the molecule is CC1(C)[C@@H]2CC34CCCN3C(=O)C2(C[C@]12Nc1ccccc1C2=O)NC4=O. The van der Waals surface area contributed by atoms with Gasteiger partial charge in [0, 0.05) is 35.5 Å². The molecule has 0 aromatic heterocycles.